The Morgan fingerprint density at radius 2 is 1.94 bits per heavy atom. The van der Waals surface area contributed by atoms with Crippen LogP contribution in [0.2, 0.25) is 0 Å². The van der Waals surface area contributed by atoms with Crippen LogP contribution in [0.3, 0.4) is 0 Å². The molecule has 2 aromatic carbocycles. The van der Waals surface area contributed by atoms with Crippen molar-refractivity contribution in [1.82, 2.24) is 35.0 Å². The number of aromatic nitrogens is 5. The fourth-order valence-electron chi connectivity index (χ4n) is 3.88. The molecule has 9 heteroatoms. The molecule has 1 aliphatic rings. The number of carbonyl (C=O) groups is 1. The van der Waals surface area contributed by atoms with Crippen molar-refractivity contribution in [1.29, 1.82) is 0 Å². The van der Waals surface area contributed by atoms with Crippen molar-refractivity contribution in [2.45, 2.75) is 32.6 Å². The summed E-state index contributed by atoms with van der Waals surface area (Å²) < 4.78 is 2.74. The van der Waals surface area contributed by atoms with Crippen LogP contribution in [-0.2, 0) is 37.4 Å². The molecule has 1 aliphatic heterocycles. The minimum Gasteiger partial charge on any atom is -0.337 e. The van der Waals surface area contributed by atoms with Gasteiger partial charge in [0, 0.05) is 20.1 Å². The number of amides is 1. The number of benzene rings is 2. The molecule has 0 saturated heterocycles. The molecular formula is C22H23N7OS. The van der Waals surface area contributed by atoms with Crippen LogP contribution in [0.15, 0.2) is 48.5 Å². The lowest BCUT2D eigenvalue weighted by atomic mass is 10.00. The van der Waals surface area contributed by atoms with Gasteiger partial charge in [-0.1, -0.05) is 36.4 Å². The molecule has 0 saturated carbocycles. The van der Waals surface area contributed by atoms with E-state index in [2.05, 4.69) is 49.7 Å². The third-order valence-corrected chi connectivity index (χ3v) is 6.62. The molecule has 0 bridgehead atoms. The van der Waals surface area contributed by atoms with Gasteiger partial charge in [0.05, 0.1) is 23.3 Å². The number of fused-ring (bicyclic) bond motifs is 2. The van der Waals surface area contributed by atoms with E-state index in [9.17, 15) is 4.79 Å². The molecule has 1 amide bonds. The Bertz CT molecular complexity index is 1180. The molecule has 0 unspecified atom stereocenters. The number of carbonyl (C=O) groups excluding carboxylic acids is 1. The van der Waals surface area contributed by atoms with Crippen LogP contribution in [0.5, 0.6) is 0 Å². The topological polar surface area (TPSA) is 80.0 Å². The first kappa shape index (κ1) is 19.8. The predicted octanol–water partition coefficient (Wildman–Crippen LogP) is 2.50. The van der Waals surface area contributed by atoms with Gasteiger partial charge in [-0.05, 0) is 40.1 Å². The normalized spacial score (nSPS) is 14.0. The van der Waals surface area contributed by atoms with E-state index in [4.69, 9.17) is 0 Å². The summed E-state index contributed by atoms with van der Waals surface area (Å²) in [5, 5.41) is 13.0. The smallest absolute Gasteiger partial charge is 0.244 e. The van der Waals surface area contributed by atoms with Crippen LogP contribution < -0.4 is 0 Å². The molecule has 0 spiro atoms. The predicted molar refractivity (Wildman–Crippen MR) is 118 cm³/mol. The van der Waals surface area contributed by atoms with Crippen LogP contribution in [0.1, 0.15) is 22.0 Å². The van der Waals surface area contributed by atoms with Gasteiger partial charge in [0.25, 0.3) is 0 Å². The Hall–Kier alpha value is -3.17. The van der Waals surface area contributed by atoms with Gasteiger partial charge in [0.2, 0.25) is 5.91 Å². The highest BCUT2D eigenvalue weighted by molar-refractivity contribution is 7.18. The molecule has 5 rings (SSSR count). The van der Waals surface area contributed by atoms with Crippen molar-refractivity contribution in [2.75, 3.05) is 13.6 Å². The molecule has 0 atom stereocenters. The standard InChI is InChI=1S/C22H23N7OS/c1-27(14-21-23-18-8-4-5-9-19(18)31-21)22(30)15-29-20(24-25-26-29)13-28-11-10-16-6-2-3-7-17(16)12-28/h2-9H,10-15H2,1H3. The van der Waals surface area contributed by atoms with Gasteiger partial charge in [-0.3, -0.25) is 9.69 Å². The van der Waals surface area contributed by atoms with Gasteiger partial charge in [-0.25, -0.2) is 9.67 Å². The van der Waals surface area contributed by atoms with Crippen molar-refractivity contribution in [3.05, 3.63) is 70.5 Å². The minimum atomic E-state index is -0.0446. The number of tetrazole rings is 1. The number of thiazole rings is 1. The summed E-state index contributed by atoms with van der Waals surface area (Å²) in [6.07, 6.45) is 1.02. The highest BCUT2D eigenvalue weighted by Gasteiger charge is 2.20. The van der Waals surface area contributed by atoms with Crippen molar-refractivity contribution in [3.8, 4) is 0 Å². The Morgan fingerprint density at radius 3 is 2.81 bits per heavy atom. The lowest BCUT2D eigenvalue weighted by Crippen LogP contribution is -2.33. The molecule has 0 aliphatic carbocycles. The van der Waals surface area contributed by atoms with Gasteiger partial charge in [-0.2, -0.15) is 0 Å². The molecule has 0 radical (unpaired) electrons. The molecule has 8 nitrogen and oxygen atoms in total. The highest BCUT2D eigenvalue weighted by Crippen LogP contribution is 2.23. The SMILES string of the molecule is CN(Cc1nc2ccccc2s1)C(=O)Cn1nnnc1CN1CCc2ccccc2C1. The Kier molecular flexibility index (Phi) is 5.44. The highest BCUT2D eigenvalue weighted by atomic mass is 32.1. The Balaban J connectivity index is 1.22. The number of para-hydroxylation sites is 1. The zero-order valence-corrected chi connectivity index (χ0v) is 18.1. The molecule has 158 valence electrons. The second kappa shape index (κ2) is 8.52. The lowest BCUT2D eigenvalue weighted by molar-refractivity contribution is -0.131. The quantitative estimate of drug-likeness (QED) is 0.465. The van der Waals surface area contributed by atoms with Crippen molar-refractivity contribution >= 4 is 27.5 Å². The number of nitrogens with zero attached hydrogens (tertiary/aromatic N) is 7. The lowest BCUT2D eigenvalue weighted by Gasteiger charge is -2.28. The third kappa shape index (κ3) is 4.33. The zero-order valence-electron chi connectivity index (χ0n) is 17.3. The fourth-order valence-corrected chi connectivity index (χ4v) is 4.90. The number of rotatable bonds is 6. The third-order valence-electron chi connectivity index (χ3n) is 5.60. The van der Waals surface area contributed by atoms with E-state index in [1.807, 2.05) is 24.3 Å². The van der Waals surface area contributed by atoms with Crippen LogP contribution in [0, 0.1) is 0 Å². The maximum absolute atomic E-state index is 12.8. The monoisotopic (exact) mass is 433 g/mol. The molecule has 0 fully saturated rings. The van der Waals surface area contributed by atoms with E-state index in [0.29, 0.717) is 18.9 Å². The first-order valence-corrected chi connectivity index (χ1v) is 11.1. The van der Waals surface area contributed by atoms with E-state index < -0.39 is 0 Å². The first-order valence-electron chi connectivity index (χ1n) is 10.3. The maximum Gasteiger partial charge on any atom is 0.244 e. The molecule has 4 aromatic rings. The fraction of sp³-hybridized carbons (Fsp3) is 0.318. The molecular weight excluding hydrogens is 410 g/mol. The summed E-state index contributed by atoms with van der Waals surface area (Å²) >= 11 is 1.61. The summed E-state index contributed by atoms with van der Waals surface area (Å²) in [7, 11) is 1.79. The van der Waals surface area contributed by atoms with Crippen LogP contribution in [0.25, 0.3) is 10.2 Å². The zero-order chi connectivity index (χ0) is 21.2. The minimum absolute atomic E-state index is 0.0446. The summed E-state index contributed by atoms with van der Waals surface area (Å²) in [4.78, 5) is 21.4. The van der Waals surface area contributed by atoms with Gasteiger partial charge in [0.15, 0.2) is 5.82 Å². The van der Waals surface area contributed by atoms with Crippen molar-refractivity contribution < 1.29 is 4.79 Å². The van der Waals surface area contributed by atoms with Gasteiger partial charge in [-0.15, -0.1) is 16.4 Å². The number of likely N-dealkylation sites (N-methyl/N-ethyl adjacent to an activating group) is 1. The van der Waals surface area contributed by atoms with Crippen LogP contribution in [-0.4, -0.2) is 54.5 Å². The first-order chi connectivity index (χ1) is 15.2. The van der Waals surface area contributed by atoms with E-state index in [-0.39, 0.29) is 12.5 Å². The summed E-state index contributed by atoms with van der Waals surface area (Å²) in [6.45, 7) is 3.03. The van der Waals surface area contributed by atoms with Crippen LogP contribution in [0.4, 0.5) is 0 Å². The van der Waals surface area contributed by atoms with E-state index in [0.717, 1.165) is 34.7 Å². The van der Waals surface area contributed by atoms with Gasteiger partial charge < -0.3 is 4.90 Å². The van der Waals surface area contributed by atoms with Gasteiger partial charge >= 0.3 is 0 Å². The van der Waals surface area contributed by atoms with Crippen molar-refractivity contribution in [3.63, 3.8) is 0 Å². The molecule has 2 aromatic heterocycles. The van der Waals surface area contributed by atoms with Crippen molar-refractivity contribution in [2.24, 2.45) is 0 Å². The van der Waals surface area contributed by atoms with E-state index >= 15 is 0 Å². The second-order valence-corrected chi connectivity index (χ2v) is 8.92. The second-order valence-electron chi connectivity index (χ2n) is 7.81. The van der Waals surface area contributed by atoms with E-state index in [1.165, 1.54) is 11.1 Å². The average Bonchev–Trinajstić information content (AvgIpc) is 3.39. The Labute approximate surface area is 184 Å². The summed E-state index contributed by atoms with van der Waals surface area (Å²) in [5.41, 5.74) is 3.72. The number of hydrogen-bond donors (Lipinski definition) is 0. The Morgan fingerprint density at radius 1 is 1.13 bits per heavy atom. The van der Waals surface area contributed by atoms with Gasteiger partial charge in [0.1, 0.15) is 11.6 Å². The molecule has 31 heavy (non-hydrogen) atoms. The maximum atomic E-state index is 12.8. The number of hydrogen-bond acceptors (Lipinski definition) is 7. The van der Waals surface area contributed by atoms with Crippen LogP contribution >= 0.6 is 11.3 Å². The largest absolute Gasteiger partial charge is 0.337 e. The van der Waals surface area contributed by atoms with E-state index in [1.54, 1.807) is 28.0 Å². The molecule has 0 N–H and O–H groups in total. The summed E-state index contributed by atoms with van der Waals surface area (Å²) in [6, 6.07) is 16.5. The average molecular weight is 434 g/mol. The molecule has 3 heterocycles. The summed E-state index contributed by atoms with van der Waals surface area (Å²) in [5.74, 6) is 0.665.